The summed E-state index contributed by atoms with van der Waals surface area (Å²) in [4.78, 5) is 13.4. The molecule has 0 N–H and O–H groups in total. The van der Waals surface area contributed by atoms with E-state index in [4.69, 9.17) is 6.57 Å². The van der Waals surface area contributed by atoms with E-state index in [9.17, 15) is 4.79 Å². The number of nitrogens with zero attached hydrogens (tertiary/aromatic N) is 1. The van der Waals surface area contributed by atoms with Crippen LogP contribution in [0.5, 0.6) is 0 Å². The lowest BCUT2D eigenvalue weighted by atomic mass is 10.2. The van der Waals surface area contributed by atoms with Crippen LogP contribution < -0.4 is 0 Å². The standard InChI is InChI=1S/C8H5NO/c1-9-8-5-3-2-4-7(8)6-10/h2-6H. The van der Waals surface area contributed by atoms with Crippen LogP contribution in [0.4, 0.5) is 5.69 Å². The van der Waals surface area contributed by atoms with Crippen LogP contribution in [0.3, 0.4) is 0 Å². The van der Waals surface area contributed by atoms with Crippen molar-refractivity contribution < 1.29 is 4.79 Å². The van der Waals surface area contributed by atoms with E-state index >= 15 is 0 Å². The van der Waals surface area contributed by atoms with Crippen molar-refractivity contribution >= 4 is 12.0 Å². The summed E-state index contributed by atoms with van der Waals surface area (Å²) in [6, 6.07) is 6.72. The highest BCUT2D eigenvalue weighted by Crippen LogP contribution is 2.15. The van der Waals surface area contributed by atoms with Crippen molar-refractivity contribution in [1.29, 1.82) is 0 Å². The first kappa shape index (κ1) is 6.50. The molecule has 0 aliphatic heterocycles. The third-order valence-corrected chi connectivity index (χ3v) is 1.18. The second kappa shape index (κ2) is 2.79. The van der Waals surface area contributed by atoms with Gasteiger partial charge in [0.15, 0.2) is 5.69 Å². The van der Waals surface area contributed by atoms with Gasteiger partial charge >= 0.3 is 0 Å². The fourth-order valence-corrected chi connectivity index (χ4v) is 0.689. The molecule has 2 heteroatoms. The zero-order valence-electron chi connectivity index (χ0n) is 5.24. The van der Waals surface area contributed by atoms with Gasteiger partial charge in [0.2, 0.25) is 0 Å². The highest BCUT2D eigenvalue weighted by atomic mass is 16.1. The maximum atomic E-state index is 10.2. The number of carbonyl (C=O) groups excluding carboxylic acids is 1. The second-order valence-corrected chi connectivity index (χ2v) is 1.79. The fourth-order valence-electron chi connectivity index (χ4n) is 0.689. The Labute approximate surface area is 58.9 Å². The number of hydrogen-bond acceptors (Lipinski definition) is 1. The summed E-state index contributed by atoms with van der Waals surface area (Å²) in [6.07, 6.45) is 0.688. The summed E-state index contributed by atoms with van der Waals surface area (Å²) in [5, 5.41) is 0. The average molecular weight is 131 g/mol. The van der Waals surface area contributed by atoms with E-state index in [0.29, 0.717) is 17.5 Å². The molecule has 0 fully saturated rings. The van der Waals surface area contributed by atoms with Crippen molar-refractivity contribution in [1.82, 2.24) is 0 Å². The number of carbonyl (C=O) groups is 1. The molecule has 0 bridgehead atoms. The van der Waals surface area contributed by atoms with Crippen molar-refractivity contribution in [3.63, 3.8) is 0 Å². The molecule has 10 heavy (non-hydrogen) atoms. The minimum atomic E-state index is 0.414. The zero-order chi connectivity index (χ0) is 7.40. The highest BCUT2D eigenvalue weighted by molar-refractivity contribution is 5.84. The summed E-state index contributed by atoms with van der Waals surface area (Å²) < 4.78 is 0. The van der Waals surface area contributed by atoms with Gasteiger partial charge in [-0.15, -0.1) is 0 Å². The lowest BCUT2D eigenvalue weighted by Crippen LogP contribution is -1.76. The molecule has 0 saturated carbocycles. The van der Waals surface area contributed by atoms with Gasteiger partial charge in [0.25, 0.3) is 0 Å². The van der Waals surface area contributed by atoms with Gasteiger partial charge in [-0.05, 0) is 0 Å². The van der Waals surface area contributed by atoms with E-state index in [-0.39, 0.29) is 0 Å². The van der Waals surface area contributed by atoms with Crippen LogP contribution in [-0.2, 0) is 0 Å². The van der Waals surface area contributed by atoms with Gasteiger partial charge in [-0.1, -0.05) is 24.3 Å². The molecule has 0 aliphatic carbocycles. The molecule has 48 valence electrons. The first-order valence-corrected chi connectivity index (χ1v) is 2.80. The van der Waals surface area contributed by atoms with Gasteiger partial charge in [-0.3, -0.25) is 4.79 Å². The predicted molar refractivity (Wildman–Crippen MR) is 38.1 cm³/mol. The molecule has 0 saturated heterocycles. The number of para-hydroxylation sites is 1. The molecule has 0 aromatic heterocycles. The number of rotatable bonds is 1. The Hall–Kier alpha value is -1.62. The molecular weight excluding hydrogens is 126 g/mol. The maximum Gasteiger partial charge on any atom is 0.197 e. The quantitative estimate of drug-likeness (QED) is 0.422. The van der Waals surface area contributed by atoms with Gasteiger partial charge in [-0.25, -0.2) is 4.85 Å². The molecule has 1 aromatic rings. The summed E-state index contributed by atoms with van der Waals surface area (Å²) in [5.74, 6) is 0. The van der Waals surface area contributed by atoms with E-state index in [2.05, 4.69) is 4.85 Å². The lowest BCUT2D eigenvalue weighted by Gasteiger charge is -1.90. The summed E-state index contributed by atoms with van der Waals surface area (Å²) in [5.41, 5.74) is 0.870. The highest BCUT2D eigenvalue weighted by Gasteiger charge is 1.95. The molecule has 1 aromatic carbocycles. The van der Waals surface area contributed by atoms with E-state index in [1.807, 2.05) is 0 Å². The largest absolute Gasteiger partial charge is 0.299 e. The van der Waals surface area contributed by atoms with Crippen LogP contribution >= 0.6 is 0 Å². The van der Waals surface area contributed by atoms with Crippen LogP contribution in [-0.4, -0.2) is 6.29 Å². The van der Waals surface area contributed by atoms with E-state index < -0.39 is 0 Å². The van der Waals surface area contributed by atoms with Crippen LogP contribution in [0.15, 0.2) is 24.3 Å². The maximum absolute atomic E-state index is 10.2. The SMILES string of the molecule is [C-]#[N+]c1ccccc1C=O. The Morgan fingerprint density at radius 2 is 2.10 bits per heavy atom. The van der Waals surface area contributed by atoms with Crippen LogP contribution in [0.25, 0.3) is 4.85 Å². The molecule has 0 spiro atoms. The first-order valence-electron chi connectivity index (χ1n) is 2.80. The van der Waals surface area contributed by atoms with E-state index in [0.717, 1.165) is 0 Å². The van der Waals surface area contributed by atoms with Gasteiger partial charge in [-0.2, -0.15) is 0 Å². The number of hydrogen-bond donors (Lipinski definition) is 0. The Balaban J connectivity index is 3.24. The molecule has 0 atom stereocenters. The molecule has 0 radical (unpaired) electrons. The topological polar surface area (TPSA) is 21.4 Å². The Morgan fingerprint density at radius 3 is 2.60 bits per heavy atom. The van der Waals surface area contributed by atoms with Crippen molar-refractivity contribution in [2.24, 2.45) is 0 Å². The van der Waals surface area contributed by atoms with Crippen molar-refractivity contribution in [2.45, 2.75) is 0 Å². The van der Waals surface area contributed by atoms with Crippen LogP contribution in [0, 0.1) is 6.57 Å². The lowest BCUT2D eigenvalue weighted by molar-refractivity contribution is 0.112. The monoisotopic (exact) mass is 131 g/mol. The van der Waals surface area contributed by atoms with Gasteiger partial charge in [0, 0.05) is 5.56 Å². The normalized spacial score (nSPS) is 8.30. The summed E-state index contributed by atoms with van der Waals surface area (Å²) in [6.45, 7) is 6.65. The fraction of sp³-hybridized carbons (Fsp3) is 0. The number of benzene rings is 1. The van der Waals surface area contributed by atoms with E-state index in [1.165, 1.54) is 0 Å². The molecule has 2 nitrogen and oxygen atoms in total. The van der Waals surface area contributed by atoms with Crippen molar-refractivity contribution in [3.8, 4) is 0 Å². The predicted octanol–water partition coefficient (Wildman–Crippen LogP) is 2.05. The smallest absolute Gasteiger partial charge is 0.197 e. The van der Waals surface area contributed by atoms with Crippen LogP contribution in [0.2, 0.25) is 0 Å². The summed E-state index contributed by atoms with van der Waals surface area (Å²) >= 11 is 0. The van der Waals surface area contributed by atoms with Crippen molar-refractivity contribution in [3.05, 3.63) is 41.2 Å². The van der Waals surface area contributed by atoms with Gasteiger partial charge in [0.05, 0.1) is 6.57 Å². The molecule has 0 unspecified atom stereocenters. The molecule has 0 aliphatic rings. The third-order valence-electron chi connectivity index (χ3n) is 1.18. The second-order valence-electron chi connectivity index (χ2n) is 1.79. The average Bonchev–Trinajstić information content (AvgIpc) is 2.04. The molecule has 0 heterocycles. The zero-order valence-corrected chi connectivity index (χ0v) is 5.24. The van der Waals surface area contributed by atoms with Gasteiger partial charge in [0.1, 0.15) is 6.29 Å². The van der Waals surface area contributed by atoms with E-state index in [1.54, 1.807) is 24.3 Å². The number of aldehydes is 1. The Bertz CT molecular complexity index is 286. The molecular formula is C8H5NO. The van der Waals surface area contributed by atoms with Crippen LogP contribution in [0.1, 0.15) is 10.4 Å². The molecule has 1 rings (SSSR count). The molecule has 0 amide bonds. The summed E-state index contributed by atoms with van der Waals surface area (Å²) in [7, 11) is 0. The first-order chi connectivity index (χ1) is 4.88. The Morgan fingerprint density at radius 1 is 1.40 bits per heavy atom. The van der Waals surface area contributed by atoms with Gasteiger partial charge < -0.3 is 0 Å². The minimum Gasteiger partial charge on any atom is -0.299 e. The Kier molecular flexibility index (Phi) is 1.81. The third kappa shape index (κ3) is 1.03. The van der Waals surface area contributed by atoms with Crippen molar-refractivity contribution in [2.75, 3.05) is 0 Å². The minimum absolute atomic E-state index is 0.414.